The molecule has 0 saturated carbocycles. The van der Waals surface area contributed by atoms with Gasteiger partial charge >= 0.3 is 0 Å². The lowest BCUT2D eigenvalue weighted by atomic mass is 9.94. The highest BCUT2D eigenvalue weighted by atomic mass is 32.1. The molecule has 2 heterocycles. The molecule has 1 unspecified atom stereocenters. The van der Waals surface area contributed by atoms with E-state index in [0.29, 0.717) is 23.9 Å². The number of fused-ring (bicyclic) bond motifs is 1. The summed E-state index contributed by atoms with van der Waals surface area (Å²) in [5, 5.41) is 7.47. The van der Waals surface area contributed by atoms with E-state index in [4.69, 9.17) is 9.26 Å². The predicted molar refractivity (Wildman–Crippen MR) is 98.4 cm³/mol. The third kappa shape index (κ3) is 3.51. The van der Waals surface area contributed by atoms with E-state index in [1.807, 2.05) is 45.9 Å². The second-order valence-corrected chi connectivity index (χ2v) is 6.80. The van der Waals surface area contributed by atoms with Crippen LogP contribution in [0.4, 0.5) is 5.13 Å². The Bertz CT molecular complexity index is 881. The van der Waals surface area contributed by atoms with E-state index in [1.165, 1.54) is 11.3 Å². The zero-order chi connectivity index (χ0) is 18.0. The molecule has 0 aliphatic heterocycles. The number of carbonyl (C=O) groups is 1. The number of aromatic nitrogens is 2. The van der Waals surface area contributed by atoms with Gasteiger partial charge in [0.15, 0.2) is 5.13 Å². The number of hydrogen-bond donors (Lipinski definition) is 1. The van der Waals surface area contributed by atoms with Crippen molar-refractivity contribution >= 4 is 32.6 Å². The van der Waals surface area contributed by atoms with Gasteiger partial charge in [0.25, 0.3) is 0 Å². The van der Waals surface area contributed by atoms with Crippen molar-refractivity contribution in [2.24, 2.45) is 0 Å². The summed E-state index contributed by atoms with van der Waals surface area (Å²) in [6.07, 6.45) is 0.661. The summed E-state index contributed by atoms with van der Waals surface area (Å²) in [5.74, 6) is 1.09. The molecule has 2 aromatic heterocycles. The van der Waals surface area contributed by atoms with E-state index < -0.39 is 0 Å². The van der Waals surface area contributed by atoms with Crippen molar-refractivity contribution in [1.82, 2.24) is 10.1 Å². The first-order valence-electron chi connectivity index (χ1n) is 8.30. The molecule has 3 aromatic rings. The van der Waals surface area contributed by atoms with Crippen LogP contribution in [0, 0.1) is 13.8 Å². The number of thiazole rings is 1. The molecule has 0 bridgehead atoms. The number of hydrogen-bond acceptors (Lipinski definition) is 6. The number of aryl methyl sites for hydroxylation is 2. The second-order valence-electron chi connectivity index (χ2n) is 5.77. The van der Waals surface area contributed by atoms with Crippen LogP contribution in [0.25, 0.3) is 10.2 Å². The van der Waals surface area contributed by atoms with Crippen LogP contribution < -0.4 is 10.1 Å². The Balaban J connectivity index is 1.83. The molecule has 6 nitrogen and oxygen atoms in total. The lowest BCUT2D eigenvalue weighted by Gasteiger charge is -2.13. The van der Waals surface area contributed by atoms with Crippen LogP contribution in [0.2, 0.25) is 0 Å². The van der Waals surface area contributed by atoms with Crippen molar-refractivity contribution in [2.45, 2.75) is 40.0 Å². The molecular formula is C18H21N3O3S. The van der Waals surface area contributed by atoms with E-state index in [0.717, 1.165) is 27.2 Å². The van der Waals surface area contributed by atoms with E-state index in [9.17, 15) is 4.79 Å². The van der Waals surface area contributed by atoms with Gasteiger partial charge in [-0.25, -0.2) is 4.98 Å². The molecule has 0 spiro atoms. The summed E-state index contributed by atoms with van der Waals surface area (Å²) < 4.78 is 11.7. The quantitative estimate of drug-likeness (QED) is 0.704. The van der Waals surface area contributed by atoms with Crippen molar-refractivity contribution in [2.75, 3.05) is 11.9 Å². The maximum Gasteiger partial charge on any atom is 0.233 e. The number of carbonyl (C=O) groups excluding carboxylic acids is 1. The van der Waals surface area contributed by atoms with Crippen molar-refractivity contribution in [3.8, 4) is 5.75 Å². The zero-order valence-electron chi connectivity index (χ0n) is 14.8. The van der Waals surface area contributed by atoms with Gasteiger partial charge in [-0.3, -0.25) is 4.79 Å². The van der Waals surface area contributed by atoms with Gasteiger partial charge in [0, 0.05) is 5.56 Å². The van der Waals surface area contributed by atoms with Gasteiger partial charge in [-0.2, -0.15) is 0 Å². The zero-order valence-corrected chi connectivity index (χ0v) is 15.6. The minimum absolute atomic E-state index is 0.0963. The number of nitrogens with one attached hydrogen (secondary N) is 1. The summed E-state index contributed by atoms with van der Waals surface area (Å²) in [5.41, 5.74) is 2.46. The largest absolute Gasteiger partial charge is 0.494 e. The number of ether oxygens (including phenoxy) is 1. The molecule has 1 amide bonds. The number of amides is 1. The maximum absolute atomic E-state index is 12.8. The lowest BCUT2D eigenvalue weighted by molar-refractivity contribution is -0.117. The molecule has 0 aliphatic carbocycles. The Hall–Kier alpha value is -2.41. The fourth-order valence-corrected chi connectivity index (χ4v) is 3.81. The molecule has 3 rings (SSSR count). The lowest BCUT2D eigenvalue weighted by Crippen LogP contribution is -2.21. The summed E-state index contributed by atoms with van der Waals surface area (Å²) in [4.78, 5) is 17.2. The second kappa shape index (κ2) is 7.23. The van der Waals surface area contributed by atoms with Crippen LogP contribution in [0.3, 0.4) is 0 Å². The molecule has 0 aliphatic rings. The van der Waals surface area contributed by atoms with Crippen molar-refractivity contribution < 1.29 is 14.1 Å². The van der Waals surface area contributed by atoms with E-state index >= 15 is 0 Å². The van der Waals surface area contributed by atoms with Crippen LogP contribution >= 0.6 is 11.3 Å². The van der Waals surface area contributed by atoms with Gasteiger partial charge in [0.2, 0.25) is 5.91 Å². The minimum Gasteiger partial charge on any atom is -0.494 e. The first-order valence-corrected chi connectivity index (χ1v) is 9.12. The van der Waals surface area contributed by atoms with Gasteiger partial charge in [-0.05, 0) is 45.4 Å². The average molecular weight is 359 g/mol. The predicted octanol–water partition coefficient (Wildman–Crippen LogP) is 4.43. The molecule has 0 fully saturated rings. The molecule has 1 atom stereocenters. The highest BCUT2D eigenvalue weighted by molar-refractivity contribution is 7.22. The SMILES string of the molecule is CCOc1ccc2nc(NC(=O)C(CC)c3c(C)noc3C)sc2c1. The summed E-state index contributed by atoms with van der Waals surface area (Å²) >= 11 is 1.44. The smallest absolute Gasteiger partial charge is 0.233 e. The van der Waals surface area contributed by atoms with Crippen LogP contribution in [-0.2, 0) is 4.79 Å². The van der Waals surface area contributed by atoms with Gasteiger partial charge in [0.1, 0.15) is 11.5 Å². The molecular weight excluding hydrogens is 338 g/mol. The third-order valence-electron chi connectivity index (χ3n) is 4.06. The fourth-order valence-electron chi connectivity index (χ4n) is 2.92. The summed E-state index contributed by atoms with van der Waals surface area (Å²) in [6.45, 7) is 8.22. The van der Waals surface area contributed by atoms with Crippen LogP contribution in [0.1, 0.15) is 43.2 Å². The number of anilines is 1. The maximum atomic E-state index is 12.8. The van der Waals surface area contributed by atoms with Crippen LogP contribution in [0.5, 0.6) is 5.75 Å². The number of nitrogens with zero attached hydrogens (tertiary/aromatic N) is 2. The van der Waals surface area contributed by atoms with E-state index in [-0.39, 0.29) is 11.8 Å². The van der Waals surface area contributed by atoms with Crippen LogP contribution in [0.15, 0.2) is 22.7 Å². The van der Waals surface area contributed by atoms with E-state index in [2.05, 4.69) is 15.5 Å². The minimum atomic E-state index is -0.308. The molecule has 0 radical (unpaired) electrons. The Kier molecular flexibility index (Phi) is 5.03. The van der Waals surface area contributed by atoms with Gasteiger partial charge in [-0.15, -0.1) is 0 Å². The molecule has 132 valence electrons. The Morgan fingerprint density at radius 3 is 2.80 bits per heavy atom. The highest BCUT2D eigenvalue weighted by Crippen LogP contribution is 2.32. The van der Waals surface area contributed by atoms with Gasteiger partial charge in [0.05, 0.1) is 28.4 Å². The van der Waals surface area contributed by atoms with Crippen molar-refractivity contribution in [1.29, 1.82) is 0 Å². The Morgan fingerprint density at radius 2 is 2.16 bits per heavy atom. The molecule has 25 heavy (non-hydrogen) atoms. The number of rotatable bonds is 6. The van der Waals surface area contributed by atoms with Crippen molar-refractivity contribution in [3.05, 3.63) is 35.2 Å². The van der Waals surface area contributed by atoms with E-state index in [1.54, 1.807) is 0 Å². The average Bonchev–Trinajstić information content (AvgIpc) is 3.12. The summed E-state index contributed by atoms with van der Waals surface area (Å²) in [7, 11) is 0. The molecule has 7 heteroatoms. The normalized spacial score (nSPS) is 12.3. The topological polar surface area (TPSA) is 77.2 Å². The standard InChI is InChI=1S/C18H21N3O3S/c1-5-13(16-10(3)21-24-11(16)4)17(22)20-18-19-14-8-7-12(23-6-2)9-15(14)25-18/h7-9,13H,5-6H2,1-4H3,(H,19,20,22). The molecule has 1 aromatic carbocycles. The third-order valence-corrected chi connectivity index (χ3v) is 5.00. The van der Waals surface area contributed by atoms with Crippen LogP contribution in [-0.4, -0.2) is 22.7 Å². The summed E-state index contributed by atoms with van der Waals surface area (Å²) in [6, 6.07) is 5.73. The van der Waals surface area contributed by atoms with Gasteiger partial charge < -0.3 is 14.6 Å². The first-order chi connectivity index (χ1) is 12.0. The first kappa shape index (κ1) is 17.4. The molecule has 1 N–H and O–H groups in total. The highest BCUT2D eigenvalue weighted by Gasteiger charge is 2.26. The molecule has 0 saturated heterocycles. The monoisotopic (exact) mass is 359 g/mol. The Morgan fingerprint density at radius 1 is 1.36 bits per heavy atom. The fraction of sp³-hybridized carbons (Fsp3) is 0.389. The van der Waals surface area contributed by atoms with Gasteiger partial charge in [-0.1, -0.05) is 23.4 Å². The Labute approximate surface area is 150 Å². The number of benzene rings is 1. The van der Waals surface area contributed by atoms with Crippen molar-refractivity contribution in [3.63, 3.8) is 0 Å².